The van der Waals surface area contributed by atoms with Crippen LogP contribution in [0.4, 0.5) is 5.82 Å². The Morgan fingerprint density at radius 3 is 2.62 bits per heavy atom. The van der Waals surface area contributed by atoms with Gasteiger partial charge in [-0.1, -0.05) is 19.1 Å². The van der Waals surface area contributed by atoms with E-state index in [1.807, 2.05) is 35.6 Å². The summed E-state index contributed by atoms with van der Waals surface area (Å²) in [5.74, 6) is 0.981. The molecule has 3 aromatic rings. The molecule has 8 heteroatoms. The van der Waals surface area contributed by atoms with Gasteiger partial charge in [0.25, 0.3) is 5.91 Å². The van der Waals surface area contributed by atoms with Crippen molar-refractivity contribution >= 4 is 40.8 Å². The Labute approximate surface area is 175 Å². The van der Waals surface area contributed by atoms with E-state index in [2.05, 4.69) is 16.8 Å². The largest absolute Gasteiger partial charge is 0.490 e. The van der Waals surface area contributed by atoms with E-state index in [1.165, 1.54) is 0 Å². The molecule has 1 aliphatic rings. The number of aliphatic hydroxyl groups excluding tert-OH is 1. The minimum atomic E-state index is -0.528. The van der Waals surface area contributed by atoms with Gasteiger partial charge in [-0.2, -0.15) is 0 Å². The molecule has 1 aliphatic heterocycles. The average molecular weight is 419 g/mol. The first kappa shape index (κ1) is 21.2. The molecule has 0 bridgehead atoms. The van der Waals surface area contributed by atoms with Crippen LogP contribution in [-0.2, 0) is 0 Å². The molecule has 0 atom stereocenters. The summed E-state index contributed by atoms with van der Waals surface area (Å²) in [5, 5.41) is 9.71. The van der Waals surface area contributed by atoms with Gasteiger partial charge < -0.3 is 20.5 Å². The molecule has 156 valence electrons. The van der Waals surface area contributed by atoms with Gasteiger partial charge in [-0.05, 0) is 37.3 Å². The zero-order valence-electron chi connectivity index (χ0n) is 16.7. The Bertz CT molecular complexity index is 1040. The van der Waals surface area contributed by atoms with Crippen molar-refractivity contribution in [3.63, 3.8) is 0 Å². The number of aromatic nitrogens is 2. The van der Waals surface area contributed by atoms with Crippen molar-refractivity contribution in [1.82, 2.24) is 9.38 Å². The number of halogens is 1. The fourth-order valence-electron chi connectivity index (χ4n) is 3.95. The van der Waals surface area contributed by atoms with E-state index in [4.69, 9.17) is 10.5 Å². The molecule has 3 heterocycles. The van der Waals surface area contributed by atoms with Gasteiger partial charge in [-0.25, -0.2) is 4.98 Å². The number of ether oxygens (including phenoxy) is 1. The summed E-state index contributed by atoms with van der Waals surface area (Å²) in [6.45, 7) is 6.27. The minimum Gasteiger partial charge on any atom is -0.490 e. The van der Waals surface area contributed by atoms with Crippen LogP contribution in [0.15, 0.2) is 30.3 Å². The number of benzene rings is 1. The van der Waals surface area contributed by atoms with Gasteiger partial charge in [0.2, 0.25) is 0 Å². The third kappa shape index (κ3) is 3.60. The molecule has 7 nitrogen and oxygen atoms in total. The molecular weight excluding hydrogens is 392 g/mol. The van der Waals surface area contributed by atoms with Crippen molar-refractivity contribution in [2.75, 3.05) is 31.2 Å². The number of anilines is 1. The first-order valence-electron chi connectivity index (χ1n) is 9.70. The SMILES string of the molecule is CCOc1cc(C(N)=O)c2nc3ccccc3n2c1N1CCC(C)(CO)CC1.Cl. The lowest BCUT2D eigenvalue weighted by Gasteiger charge is -2.40. The van der Waals surface area contributed by atoms with Crippen LogP contribution in [0.2, 0.25) is 0 Å². The molecule has 2 aromatic heterocycles. The van der Waals surface area contributed by atoms with E-state index in [9.17, 15) is 9.90 Å². The zero-order valence-corrected chi connectivity index (χ0v) is 17.5. The van der Waals surface area contributed by atoms with Gasteiger partial charge in [-0.15, -0.1) is 12.4 Å². The highest BCUT2D eigenvalue weighted by molar-refractivity contribution is 6.02. The Morgan fingerprint density at radius 2 is 2.00 bits per heavy atom. The van der Waals surface area contributed by atoms with Crippen molar-refractivity contribution in [2.24, 2.45) is 11.1 Å². The van der Waals surface area contributed by atoms with Crippen molar-refractivity contribution < 1.29 is 14.6 Å². The summed E-state index contributed by atoms with van der Waals surface area (Å²) in [6, 6.07) is 9.51. The molecular formula is C21H27ClN4O3. The molecule has 0 spiro atoms. The van der Waals surface area contributed by atoms with Crippen LogP contribution < -0.4 is 15.4 Å². The lowest BCUT2D eigenvalue weighted by molar-refractivity contribution is 0.100. The highest BCUT2D eigenvalue weighted by Crippen LogP contribution is 2.39. The zero-order chi connectivity index (χ0) is 19.9. The molecule has 0 unspecified atom stereocenters. The van der Waals surface area contributed by atoms with Gasteiger partial charge in [0.05, 0.1) is 23.2 Å². The van der Waals surface area contributed by atoms with Gasteiger partial charge in [-0.3, -0.25) is 9.20 Å². The number of fused-ring (bicyclic) bond motifs is 3. The monoisotopic (exact) mass is 418 g/mol. The van der Waals surface area contributed by atoms with Crippen molar-refractivity contribution in [3.05, 3.63) is 35.9 Å². The maximum absolute atomic E-state index is 12.1. The summed E-state index contributed by atoms with van der Waals surface area (Å²) in [6.07, 6.45) is 1.75. The number of amides is 1. The van der Waals surface area contributed by atoms with E-state index in [0.29, 0.717) is 23.6 Å². The standard InChI is InChI=1S/C21H26N4O3.ClH/c1-3-28-17-12-14(18(22)27)19-23-15-6-4-5-7-16(15)25(19)20(17)24-10-8-21(2,13-26)9-11-24;/h4-7,12,26H,3,8-11,13H2,1-2H3,(H2,22,27);1H. The van der Waals surface area contributed by atoms with Gasteiger partial charge in [0.15, 0.2) is 17.2 Å². The van der Waals surface area contributed by atoms with Crippen molar-refractivity contribution in [2.45, 2.75) is 26.7 Å². The van der Waals surface area contributed by atoms with E-state index >= 15 is 0 Å². The first-order chi connectivity index (χ1) is 13.5. The molecule has 1 saturated heterocycles. The Morgan fingerprint density at radius 1 is 1.31 bits per heavy atom. The number of imidazole rings is 1. The molecule has 4 rings (SSSR count). The predicted octanol–water partition coefficient (Wildman–Crippen LogP) is 3.01. The Kier molecular flexibility index (Phi) is 5.91. The van der Waals surface area contributed by atoms with E-state index in [-0.39, 0.29) is 24.4 Å². The number of aliphatic hydroxyl groups is 1. The van der Waals surface area contributed by atoms with Gasteiger partial charge in [0.1, 0.15) is 0 Å². The topological polar surface area (TPSA) is 93.1 Å². The molecule has 3 N–H and O–H groups in total. The number of primary amides is 1. The maximum atomic E-state index is 12.1. The second-order valence-corrected chi connectivity index (χ2v) is 7.76. The van der Waals surface area contributed by atoms with Gasteiger partial charge >= 0.3 is 0 Å². The number of hydrogen-bond donors (Lipinski definition) is 2. The number of carbonyl (C=O) groups is 1. The average Bonchev–Trinajstić information content (AvgIpc) is 3.08. The smallest absolute Gasteiger partial charge is 0.252 e. The fraction of sp³-hybridized carbons (Fsp3) is 0.429. The van der Waals surface area contributed by atoms with Crippen LogP contribution >= 0.6 is 12.4 Å². The number of para-hydroxylation sites is 2. The fourth-order valence-corrected chi connectivity index (χ4v) is 3.95. The summed E-state index contributed by atoms with van der Waals surface area (Å²) in [5.41, 5.74) is 8.20. The molecule has 0 radical (unpaired) electrons. The van der Waals surface area contributed by atoms with Crippen LogP contribution in [0.1, 0.15) is 37.0 Å². The van der Waals surface area contributed by atoms with E-state index < -0.39 is 5.91 Å². The number of carbonyl (C=O) groups excluding carboxylic acids is 1. The molecule has 0 saturated carbocycles. The molecule has 0 aliphatic carbocycles. The van der Waals surface area contributed by atoms with Crippen molar-refractivity contribution in [1.29, 1.82) is 0 Å². The molecule has 29 heavy (non-hydrogen) atoms. The second-order valence-electron chi connectivity index (χ2n) is 7.76. The highest BCUT2D eigenvalue weighted by Gasteiger charge is 2.32. The van der Waals surface area contributed by atoms with Crippen LogP contribution in [-0.4, -0.2) is 46.7 Å². The van der Waals surface area contributed by atoms with Crippen LogP contribution in [0.3, 0.4) is 0 Å². The summed E-state index contributed by atoms with van der Waals surface area (Å²) in [4.78, 5) is 19.1. The third-order valence-corrected chi connectivity index (χ3v) is 5.73. The lowest BCUT2D eigenvalue weighted by Crippen LogP contribution is -2.41. The van der Waals surface area contributed by atoms with E-state index in [1.54, 1.807) is 6.07 Å². The van der Waals surface area contributed by atoms with Crippen LogP contribution in [0, 0.1) is 5.41 Å². The summed E-state index contributed by atoms with van der Waals surface area (Å²) in [7, 11) is 0. The van der Waals surface area contributed by atoms with E-state index in [0.717, 1.165) is 42.8 Å². The second kappa shape index (κ2) is 8.08. The summed E-state index contributed by atoms with van der Waals surface area (Å²) >= 11 is 0. The minimum absolute atomic E-state index is 0. The predicted molar refractivity (Wildman–Crippen MR) is 116 cm³/mol. The molecule has 1 fully saturated rings. The normalized spacial score (nSPS) is 16.0. The Hall–Kier alpha value is -2.51. The lowest BCUT2D eigenvalue weighted by atomic mass is 9.81. The van der Waals surface area contributed by atoms with Crippen LogP contribution in [0.25, 0.3) is 16.7 Å². The number of hydrogen-bond acceptors (Lipinski definition) is 5. The summed E-state index contributed by atoms with van der Waals surface area (Å²) < 4.78 is 7.93. The number of piperidine rings is 1. The first-order valence-corrected chi connectivity index (χ1v) is 9.70. The number of rotatable bonds is 5. The van der Waals surface area contributed by atoms with Crippen molar-refractivity contribution in [3.8, 4) is 5.75 Å². The molecule has 1 amide bonds. The molecule has 1 aromatic carbocycles. The highest BCUT2D eigenvalue weighted by atomic mass is 35.5. The maximum Gasteiger partial charge on any atom is 0.252 e. The number of nitrogens with zero attached hydrogens (tertiary/aromatic N) is 3. The quantitative estimate of drug-likeness (QED) is 0.664. The van der Waals surface area contributed by atoms with Gasteiger partial charge in [0, 0.05) is 25.8 Å². The number of pyridine rings is 1. The number of nitrogens with two attached hydrogens (primary N) is 1. The van der Waals surface area contributed by atoms with Crippen LogP contribution in [0.5, 0.6) is 5.75 Å². The Balaban J connectivity index is 0.00000240. The third-order valence-electron chi connectivity index (χ3n) is 5.73.